The van der Waals surface area contributed by atoms with E-state index in [1.54, 1.807) is 0 Å². The Hall–Kier alpha value is -2.50. The lowest BCUT2D eigenvalue weighted by Gasteiger charge is -2.28. The van der Waals surface area contributed by atoms with Crippen molar-refractivity contribution >= 4 is 5.91 Å². The van der Waals surface area contributed by atoms with Gasteiger partial charge in [-0.25, -0.2) is 0 Å². The molecule has 1 amide bonds. The summed E-state index contributed by atoms with van der Waals surface area (Å²) in [6, 6.07) is 5.92. The zero-order valence-corrected chi connectivity index (χ0v) is 15.3. The van der Waals surface area contributed by atoms with Gasteiger partial charge in [-0.3, -0.25) is 9.89 Å². The van der Waals surface area contributed by atoms with Crippen molar-refractivity contribution in [3.63, 3.8) is 0 Å². The van der Waals surface area contributed by atoms with Crippen LogP contribution in [0.1, 0.15) is 43.4 Å². The zero-order chi connectivity index (χ0) is 18.0. The van der Waals surface area contributed by atoms with Gasteiger partial charge in [0, 0.05) is 42.2 Å². The average molecular weight is 365 g/mol. The second-order valence-electron chi connectivity index (χ2n) is 8.43. The van der Waals surface area contributed by atoms with Crippen molar-refractivity contribution in [2.45, 2.75) is 45.1 Å². The predicted octanol–water partition coefficient (Wildman–Crippen LogP) is 3.27. The van der Waals surface area contributed by atoms with E-state index < -0.39 is 0 Å². The Balaban J connectivity index is 1.27. The van der Waals surface area contributed by atoms with Gasteiger partial charge in [-0.2, -0.15) is 5.10 Å². The molecule has 27 heavy (non-hydrogen) atoms. The molecular formula is C21H23N3O3. The van der Waals surface area contributed by atoms with Gasteiger partial charge in [0.15, 0.2) is 11.5 Å². The molecule has 2 saturated carbocycles. The highest BCUT2D eigenvalue weighted by molar-refractivity contribution is 5.83. The van der Waals surface area contributed by atoms with E-state index in [1.807, 2.05) is 18.2 Å². The molecule has 0 saturated heterocycles. The number of hydrogen-bond donors (Lipinski definition) is 1. The standard InChI is InChI=1S/C21H23N3O3/c25-20(15-10-21(15)6-1-2-7-21)24-8-5-16-14(11-24)19(23-22-16)13-3-4-17-18(9-13)27-12-26-17/h3-4,9,15H,1-2,5-8,10-12H2,(H,22,23)/t15-/m1/s1. The van der Waals surface area contributed by atoms with Gasteiger partial charge in [0.05, 0.1) is 5.69 Å². The summed E-state index contributed by atoms with van der Waals surface area (Å²) in [5.74, 6) is 2.16. The lowest BCUT2D eigenvalue weighted by Crippen LogP contribution is -2.37. The number of carbonyl (C=O) groups excluding carboxylic acids is 1. The number of nitrogens with one attached hydrogen (secondary N) is 1. The Morgan fingerprint density at radius 2 is 2.07 bits per heavy atom. The number of fused-ring (bicyclic) bond motifs is 2. The maximum Gasteiger partial charge on any atom is 0.231 e. The van der Waals surface area contributed by atoms with E-state index in [0.717, 1.165) is 53.4 Å². The van der Waals surface area contributed by atoms with Crippen LogP contribution in [0, 0.1) is 11.3 Å². The number of amides is 1. The van der Waals surface area contributed by atoms with E-state index in [0.29, 0.717) is 17.9 Å². The van der Waals surface area contributed by atoms with Crippen LogP contribution in [0.25, 0.3) is 11.3 Å². The summed E-state index contributed by atoms with van der Waals surface area (Å²) in [5, 5.41) is 7.74. The first-order valence-corrected chi connectivity index (χ1v) is 9.98. The number of ether oxygens (including phenoxy) is 2. The number of hydrogen-bond acceptors (Lipinski definition) is 4. The van der Waals surface area contributed by atoms with Crippen molar-refractivity contribution in [2.24, 2.45) is 11.3 Å². The molecular weight excluding hydrogens is 342 g/mol. The Labute approximate surface area is 157 Å². The van der Waals surface area contributed by atoms with Crippen molar-refractivity contribution in [3.05, 3.63) is 29.5 Å². The van der Waals surface area contributed by atoms with Crippen molar-refractivity contribution in [3.8, 4) is 22.8 Å². The number of benzene rings is 1. The number of rotatable bonds is 2. The molecule has 140 valence electrons. The summed E-state index contributed by atoms with van der Waals surface area (Å²) in [7, 11) is 0. The molecule has 0 radical (unpaired) electrons. The third-order valence-electron chi connectivity index (χ3n) is 6.98. The van der Waals surface area contributed by atoms with Crippen LogP contribution in [-0.2, 0) is 17.8 Å². The first-order valence-electron chi connectivity index (χ1n) is 9.98. The van der Waals surface area contributed by atoms with E-state index in [2.05, 4.69) is 15.1 Å². The van der Waals surface area contributed by atoms with Crippen LogP contribution in [0.3, 0.4) is 0 Å². The first kappa shape index (κ1) is 15.5. The van der Waals surface area contributed by atoms with Gasteiger partial charge >= 0.3 is 0 Å². The monoisotopic (exact) mass is 365 g/mol. The van der Waals surface area contributed by atoms with Crippen molar-refractivity contribution in [2.75, 3.05) is 13.3 Å². The molecule has 4 aliphatic rings. The average Bonchev–Trinajstić information content (AvgIpc) is 3.12. The quantitative estimate of drug-likeness (QED) is 0.887. The lowest BCUT2D eigenvalue weighted by molar-refractivity contribution is -0.134. The van der Waals surface area contributed by atoms with Crippen LogP contribution in [-0.4, -0.2) is 34.3 Å². The number of H-pyrrole nitrogens is 1. The fourth-order valence-corrected chi connectivity index (χ4v) is 5.31. The van der Waals surface area contributed by atoms with Crippen LogP contribution < -0.4 is 9.47 Å². The molecule has 2 aliphatic carbocycles. The van der Waals surface area contributed by atoms with Crippen LogP contribution in [0.5, 0.6) is 11.5 Å². The number of carbonyl (C=O) groups is 1. The van der Waals surface area contributed by atoms with Crippen LogP contribution in [0.15, 0.2) is 18.2 Å². The number of nitrogens with zero attached hydrogens (tertiary/aromatic N) is 2. The highest BCUT2D eigenvalue weighted by atomic mass is 16.7. The van der Waals surface area contributed by atoms with E-state index in [1.165, 1.54) is 25.7 Å². The largest absolute Gasteiger partial charge is 0.454 e. The Bertz CT molecular complexity index is 929. The third kappa shape index (κ3) is 2.32. The predicted molar refractivity (Wildman–Crippen MR) is 98.3 cm³/mol. The molecule has 1 N–H and O–H groups in total. The summed E-state index contributed by atoms with van der Waals surface area (Å²) < 4.78 is 10.9. The van der Waals surface area contributed by atoms with Crippen LogP contribution in [0.2, 0.25) is 0 Å². The van der Waals surface area contributed by atoms with Gasteiger partial charge in [-0.1, -0.05) is 12.8 Å². The van der Waals surface area contributed by atoms with Crippen molar-refractivity contribution in [1.29, 1.82) is 0 Å². The highest BCUT2D eigenvalue weighted by Crippen LogP contribution is 2.63. The highest BCUT2D eigenvalue weighted by Gasteiger charge is 2.59. The van der Waals surface area contributed by atoms with Crippen LogP contribution >= 0.6 is 0 Å². The molecule has 0 unspecified atom stereocenters. The van der Waals surface area contributed by atoms with E-state index in [9.17, 15) is 4.79 Å². The Kier molecular flexibility index (Phi) is 3.17. The second-order valence-corrected chi connectivity index (χ2v) is 8.43. The van der Waals surface area contributed by atoms with Gasteiger partial charge in [0.25, 0.3) is 0 Å². The van der Waals surface area contributed by atoms with E-state index >= 15 is 0 Å². The molecule has 6 nitrogen and oxygen atoms in total. The molecule has 6 rings (SSSR count). The number of aromatic nitrogens is 2. The van der Waals surface area contributed by atoms with Gasteiger partial charge < -0.3 is 14.4 Å². The SMILES string of the molecule is O=C([C@H]1CC12CCCC2)N1CCc2[nH]nc(-c3ccc4c(c3)OCO4)c2C1. The summed E-state index contributed by atoms with van der Waals surface area (Å²) in [4.78, 5) is 15.2. The molecule has 1 aromatic heterocycles. The summed E-state index contributed by atoms with van der Waals surface area (Å²) in [6.07, 6.45) is 7.04. The molecule has 2 aromatic rings. The fourth-order valence-electron chi connectivity index (χ4n) is 5.31. The molecule has 2 aliphatic heterocycles. The van der Waals surface area contributed by atoms with E-state index in [-0.39, 0.29) is 12.7 Å². The maximum absolute atomic E-state index is 13.1. The number of aromatic amines is 1. The minimum Gasteiger partial charge on any atom is -0.454 e. The van der Waals surface area contributed by atoms with Gasteiger partial charge in [0.1, 0.15) is 0 Å². The Morgan fingerprint density at radius 1 is 1.22 bits per heavy atom. The minimum absolute atomic E-state index is 0.266. The molecule has 0 bridgehead atoms. The molecule has 1 atom stereocenters. The lowest BCUT2D eigenvalue weighted by atomic mass is 9.98. The Morgan fingerprint density at radius 3 is 2.96 bits per heavy atom. The smallest absolute Gasteiger partial charge is 0.231 e. The summed E-state index contributed by atoms with van der Waals surface area (Å²) >= 11 is 0. The second kappa shape index (κ2) is 5.50. The minimum atomic E-state index is 0.266. The van der Waals surface area contributed by atoms with Gasteiger partial charge in [0.2, 0.25) is 12.7 Å². The maximum atomic E-state index is 13.1. The summed E-state index contributed by atoms with van der Waals surface area (Å²) in [5.41, 5.74) is 4.58. The zero-order valence-electron chi connectivity index (χ0n) is 15.3. The molecule has 1 aromatic carbocycles. The van der Waals surface area contributed by atoms with Crippen molar-refractivity contribution < 1.29 is 14.3 Å². The molecule has 6 heteroatoms. The normalized spacial score (nSPS) is 24.3. The topological polar surface area (TPSA) is 67.5 Å². The molecule has 3 heterocycles. The summed E-state index contributed by atoms with van der Waals surface area (Å²) in [6.45, 7) is 1.71. The van der Waals surface area contributed by atoms with E-state index in [4.69, 9.17) is 9.47 Å². The molecule has 2 fully saturated rings. The molecule has 1 spiro atoms. The fraction of sp³-hybridized carbons (Fsp3) is 0.524. The van der Waals surface area contributed by atoms with Crippen molar-refractivity contribution in [1.82, 2.24) is 15.1 Å². The van der Waals surface area contributed by atoms with Crippen LogP contribution in [0.4, 0.5) is 0 Å². The first-order chi connectivity index (χ1) is 13.2. The van der Waals surface area contributed by atoms with Gasteiger partial charge in [-0.15, -0.1) is 0 Å². The van der Waals surface area contributed by atoms with Gasteiger partial charge in [-0.05, 0) is 42.9 Å². The third-order valence-corrected chi connectivity index (χ3v) is 6.98.